The third kappa shape index (κ3) is 9.79. The van der Waals surface area contributed by atoms with Crippen molar-refractivity contribution in [3.63, 3.8) is 0 Å². The summed E-state index contributed by atoms with van der Waals surface area (Å²) in [5.41, 5.74) is 15.9. The Morgan fingerprint density at radius 1 is 0.167 bits per heavy atom. The van der Waals surface area contributed by atoms with Crippen LogP contribution in [-0.2, 0) is 0 Å². The first-order chi connectivity index (χ1) is 38.7. The largest absolute Gasteiger partial charge is 0.310 e. The maximum Gasteiger partial charge on any atom is 0.0540 e. The van der Waals surface area contributed by atoms with Gasteiger partial charge in [0.2, 0.25) is 0 Å². The molecule has 0 amide bonds. The molecule has 0 atom stereocenters. The molecule has 0 saturated heterocycles. The predicted octanol–water partition coefficient (Wildman–Crippen LogP) is 21.4. The number of nitrogens with zero attached hydrogens (tertiary/aromatic N) is 2. The zero-order valence-electron chi connectivity index (χ0n) is 43.1. The van der Waals surface area contributed by atoms with Crippen LogP contribution in [0.3, 0.4) is 0 Å². The highest BCUT2D eigenvalue weighted by Gasteiger charge is 2.23. The van der Waals surface area contributed by atoms with Gasteiger partial charge in [0.1, 0.15) is 0 Å². The second-order valence-corrected chi connectivity index (χ2v) is 19.7. The second kappa shape index (κ2) is 21.5. The molecule has 0 heterocycles. The Balaban J connectivity index is 0.926. The van der Waals surface area contributed by atoms with Crippen molar-refractivity contribution in [1.82, 2.24) is 0 Å². The molecule has 0 radical (unpaired) electrons. The van der Waals surface area contributed by atoms with Crippen LogP contribution in [0.5, 0.6) is 0 Å². The molecule has 0 aliphatic heterocycles. The molecule has 13 aromatic rings. The zero-order chi connectivity index (χ0) is 52.0. The lowest BCUT2D eigenvalue weighted by atomic mass is 9.88. The molecule has 2 nitrogen and oxygen atoms in total. The Bertz CT molecular complexity index is 3800. The summed E-state index contributed by atoms with van der Waals surface area (Å²) in [5, 5.41) is 9.84. The molecular weight excluding hydrogens is 941 g/mol. The van der Waals surface area contributed by atoms with Crippen LogP contribution >= 0.6 is 0 Å². The minimum absolute atomic E-state index is 1.09. The maximum absolute atomic E-state index is 2.42. The fraction of sp³-hybridized carbons (Fsp3) is 0. The molecule has 0 spiro atoms. The standard InChI is InChI=1S/C76H54N2/c1-5-15-55(16-6-1)27-31-59-35-43-63(44-36-59)77(64-45-37-60(38-46-64)32-28-56-17-7-2-8-18-56)73-53-51-69-68-24-14-26-72-74(54-52-70(76(68)72)67-23-13-25-71(73)75(67)69)78(65-47-39-61(40-48-65)33-29-57-19-9-3-10-20-57)66-49-41-62(42-50-66)34-30-58-21-11-4-12-22-58/h1-54H/b31-27+,32-28+,33-29+,34-30+. The van der Waals surface area contributed by atoms with E-state index in [0.717, 1.165) is 56.4 Å². The average molecular weight is 995 g/mol. The maximum atomic E-state index is 2.42. The van der Waals surface area contributed by atoms with Gasteiger partial charge in [-0.2, -0.15) is 0 Å². The molecule has 0 aliphatic rings. The van der Waals surface area contributed by atoms with E-state index in [9.17, 15) is 0 Å². The van der Waals surface area contributed by atoms with Crippen LogP contribution in [0.1, 0.15) is 44.5 Å². The van der Waals surface area contributed by atoms with Crippen molar-refractivity contribution in [2.24, 2.45) is 0 Å². The minimum Gasteiger partial charge on any atom is -0.310 e. The van der Waals surface area contributed by atoms with Crippen LogP contribution < -0.4 is 9.80 Å². The second-order valence-electron chi connectivity index (χ2n) is 19.7. The quantitative estimate of drug-likeness (QED) is 0.0609. The number of anilines is 6. The zero-order valence-corrected chi connectivity index (χ0v) is 43.1. The Morgan fingerprint density at radius 3 is 0.641 bits per heavy atom. The lowest BCUT2D eigenvalue weighted by molar-refractivity contribution is 1.29. The van der Waals surface area contributed by atoms with Crippen LogP contribution in [0.15, 0.2) is 279 Å². The summed E-state index contributed by atoms with van der Waals surface area (Å²) < 4.78 is 0. The van der Waals surface area contributed by atoms with Crippen molar-refractivity contribution >= 4 is 126 Å². The van der Waals surface area contributed by atoms with Gasteiger partial charge in [0.15, 0.2) is 0 Å². The molecular formula is C76H54N2. The number of hydrogen-bond acceptors (Lipinski definition) is 2. The van der Waals surface area contributed by atoms with Gasteiger partial charge in [-0.3, -0.25) is 0 Å². The fourth-order valence-electron chi connectivity index (χ4n) is 10.9. The SMILES string of the molecule is C(=C\c1ccc(N(c2ccc(/C=C/c3ccccc3)cc2)c2ccc3c4cccc5c(N(c6ccc(/C=C/c7ccccc7)cc6)c6ccc(/C=C/c7ccccc7)cc6)ccc(c6cccc2c63)c54)cc1)/c1ccccc1. The summed E-state index contributed by atoms with van der Waals surface area (Å²) in [6.45, 7) is 0. The van der Waals surface area contributed by atoms with Gasteiger partial charge in [-0.1, -0.05) is 267 Å². The van der Waals surface area contributed by atoms with Crippen molar-refractivity contribution in [2.75, 3.05) is 9.80 Å². The summed E-state index contributed by atoms with van der Waals surface area (Å²) >= 11 is 0. The summed E-state index contributed by atoms with van der Waals surface area (Å²) in [6.07, 6.45) is 17.4. The van der Waals surface area contributed by atoms with E-state index in [0.29, 0.717) is 0 Å². The Labute approximate surface area is 456 Å². The van der Waals surface area contributed by atoms with Crippen LogP contribution in [-0.4, -0.2) is 0 Å². The van der Waals surface area contributed by atoms with Gasteiger partial charge >= 0.3 is 0 Å². The molecule has 13 rings (SSSR count). The van der Waals surface area contributed by atoms with E-state index in [1.54, 1.807) is 0 Å². The van der Waals surface area contributed by atoms with Gasteiger partial charge in [0, 0.05) is 33.5 Å². The molecule has 0 N–H and O–H groups in total. The smallest absolute Gasteiger partial charge is 0.0540 e. The molecule has 0 saturated carbocycles. The topological polar surface area (TPSA) is 6.48 Å². The predicted molar refractivity (Wildman–Crippen MR) is 338 cm³/mol. The van der Waals surface area contributed by atoms with Gasteiger partial charge < -0.3 is 9.80 Å². The Kier molecular flexibility index (Phi) is 13.1. The summed E-state index contributed by atoms with van der Waals surface area (Å²) in [7, 11) is 0. The van der Waals surface area contributed by atoms with Crippen LogP contribution in [0, 0.1) is 0 Å². The van der Waals surface area contributed by atoms with Gasteiger partial charge in [-0.05, 0) is 137 Å². The lowest BCUT2D eigenvalue weighted by Crippen LogP contribution is -2.11. The molecule has 78 heavy (non-hydrogen) atoms. The van der Waals surface area contributed by atoms with Gasteiger partial charge in [0.25, 0.3) is 0 Å². The highest BCUT2D eigenvalue weighted by atomic mass is 15.1. The average Bonchev–Trinajstić information content (AvgIpc) is 3.69. The van der Waals surface area contributed by atoms with E-state index >= 15 is 0 Å². The fourth-order valence-corrected chi connectivity index (χ4v) is 10.9. The first-order valence-corrected chi connectivity index (χ1v) is 26.7. The third-order valence-electron chi connectivity index (χ3n) is 14.8. The van der Waals surface area contributed by atoms with Crippen LogP contribution in [0.4, 0.5) is 34.1 Å². The summed E-state index contributed by atoms with van der Waals surface area (Å²) in [4.78, 5) is 4.83. The minimum atomic E-state index is 1.09. The van der Waals surface area contributed by atoms with Crippen molar-refractivity contribution in [3.8, 4) is 0 Å². The van der Waals surface area contributed by atoms with E-state index in [1.807, 2.05) is 0 Å². The Morgan fingerprint density at radius 2 is 0.385 bits per heavy atom. The summed E-state index contributed by atoms with van der Waals surface area (Å²) in [6, 6.07) is 101. The Hall–Kier alpha value is -10.3. The highest BCUT2D eigenvalue weighted by Crippen LogP contribution is 2.49. The van der Waals surface area contributed by atoms with Crippen molar-refractivity contribution in [3.05, 3.63) is 324 Å². The van der Waals surface area contributed by atoms with E-state index in [4.69, 9.17) is 0 Å². The molecule has 368 valence electrons. The van der Waals surface area contributed by atoms with E-state index in [-0.39, 0.29) is 0 Å². The molecule has 13 aromatic carbocycles. The van der Waals surface area contributed by atoms with E-state index in [1.165, 1.54) is 65.3 Å². The number of rotatable bonds is 14. The third-order valence-corrected chi connectivity index (χ3v) is 14.8. The van der Waals surface area contributed by atoms with Crippen molar-refractivity contribution in [2.45, 2.75) is 0 Å². The monoisotopic (exact) mass is 994 g/mol. The van der Waals surface area contributed by atoms with Gasteiger partial charge in [-0.15, -0.1) is 0 Å². The number of fused-ring (bicyclic) bond motifs is 2. The normalized spacial score (nSPS) is 11.9. The van der Waals surface area contributed by atoms with Gasteiger partial charge in [-0.25, -0.2) is 0 Å². The van der Waals surface area contributed by atoms with E-state index < -0.39 is 0 Å². The number of hydrogen-bond donors (Lipinski definition) is 0. The molecule has 0 aliphatic carbocycles. The van der Waals surface area contributed by atoms with Gasteiger partial charge in [0.05, 0.1) is 11.4 Å². The van der Waals surface area contributed by atoms with Crippen LogP contribution in [0.2, 0.25) is 0 Å². The molecule has 0 aromatic heterocycles. The van der Waals surface area contributed by atoms with Crippen LogP contribution in [0.25, 0.3) is 91.7 Å². The molecule has 0 unspecified atom stereocenters. The van der Waals surface area contributed by atoms with Crippen molar-refractivity contribution < 1.29 is 0 Å². The molecule has 0 fully saturated rings. The summed E-state index contributed by atoms with van der Waals surface area (Å²) in [5.74, 6) is 0. The first-order valence-electron chi connectivity index (χ1n) is 26.7. The highest BCUT2D eigenvalue weighted by molar-refractivity contribution is 6.35. The number of benzene rings is 13. The lowest BCUT2D eigenvalue weighted by Gasteiger charge is -2.29. The van der Waals surface area contributed by atoms with E-state index in [2.05, 4.69) is 337 Å². The first kappa shape index (κ1) is 47.4. The molecule has 0 bridgehead atoms. The molecule has 2 heteroatoms. The van der Waals surface area contributed by atoms with Crippen molar-refractivity contribution in [1.29, 1.82) is 0 Å².